The van der Waals surface area contributed by atoms with Crippen molar-refractivity contribution in [1.82, 2.24) is 10.3 Å². The van der Waals surface area contributed by atoms with Crippen molar-refractivity contribution in [3.63, 3.8) is 0 Å². The third-order valence-corrected chi connectivity index (χ3v) is 1.49. The van der Waals surface area contributed by atoms with Crippen molar-refractivity contribution in [2.24, 2.45) is 0 Å². The average molecular weight is 184 g/mol. The van der Waals surface area contributed by atoms with Crippen molar-refractivity contribution in [2.75, 3.05) is 19.8 Å². The lowest BCUT2D eigenvalue weighted by atomic mass is 10.4. The first kappa shape index (κ1) is 10.2. The molecule has 1 rings (SSSR count). The minimum absolute atomic E-state index is 0.591. The van der Waals surface area contributed by atoms with Crippen molar-refractivity contribution in [3.05, 3.63) is 24.4 Å². The van der Waals surface area contributed by atoms with E-state index in [-0.39, 0.29) is 0 Å². The summed E-state index contributed by atoms with van der Waals surface area (Å²) in [7, 11) is 0. The summed E-state index contributed by atoms with van der Waals surface area (Å²) < 4.78 is 0. The molecule has 74 valence electrons. The van der Waals surface area contributed by atoms with Crippen LogP contribution in [0.3, 0.4) is 0 Å². The fraction of sp³-hybridized carbons (Fsp3) is 0.556. The first-order valence-electron chi connectivity index (χ1n) is 4.54. The predicted molar refractivity (Wildman–Crippen MR) is 50.1 cm³/mol. The summed E-state index contributed by atoms with van der Waals surface area (Å²) in [5.41, 5.74) is 0. The van der Waals surface area contributed by atoms with E-state index in [1.54, 1.807) is 0 Å². The van der Waals surface area contributed by atoms with E-state index in [9.17, 15) is 0 Å². The van der Waals surface area contributed by atoms with Crippen LogP contribution in [0.1, 0.15) is 13.8 Å². The smallest absolute Gasteiger partial charge is 0.0703 e. The van der Waals surface area contributed by atoms with Crippen LogP contribution in [0.5, 0.6) is 0 Å². The number of rotatable bonds is 5. The van der Waals surface area contributed by atoms with Crippen LogP contribution in [-0.2, 0) is 9.68 Å². The Hall–Kier alpha value is -0.840. The molecule has 0 saturated heterocycles. The van der Waals surface area contributed by atoms with Crippen molar-refractivity contribution in [1.29, 1.82) is 0 Å². The molecule has 0 unspecified atom stereocenters. The van der Waals surface area contributed by atoms with Gasteiger partial charge in [0, 0.05) is 11.5 Å². The van der Waals surface area contributed by atoms with Gasteiger partial charge in [0.05, 0.1) is 19.8 Å². The van der Waals surface area contributed by atoms with Gasteiger partial charge < -0.3 is 0 Å². The van der Waals surface area contributed by atoms with E-state index in [0.29, 0.717) is 13.2 Å². The number of nitrogens with zero attached hydrogens (tertiary/aromatic N) is 2. The Morgan fingerprint density at radius 3 is 2.38 bits per heavy atom. The third kappa shape index (κ3) is 3.18. The zero-order chi connectivity index (χ0) is 9.52. The van der Waals surface area contributed by atoms with Crippen LogP contribution in [0.2, 0.25) is 0 Å². The van der Waals surface area contributed by atoms with Crippen LogP contribution in [0.15, 0.2) is 24.4 Å². The van der Waals surface area contributed by atoms with E-state index < -0.39 is 0 Å². The van der Waals surface area contributed by atoms with Gasteiger partial charge in [-0.25, -0.2) is 0 Å². The highest BCUT2D eigenvalue weighted by Crippen LogP contribution is 2.05. The van der Waals surface area contributed by atoms with Gasteiger partial charge in [-0.05, 0) is 19.9 Å². The quantitative estimate of drug-likeness (QED) is 0.604. The number of allylic oxidation sites excluding steroid dienone is 2. The van der Waals surface area contributed by atoms with E-state index in [1.165, 1.54) is 5.34 Å². The monoisotopic (exact) mass is 184 g/mol. The highest BCUT2D eigenvalue weighted by molar-refractivity contribution is 5.07. The summed E-state index contributed by atoms with van der Waals surface area (Å²) in [6.45, 7) is 5.81. The first-order chi connectivity index (χ1) is 6.38. The van der Waals surface area contributed by atoms with Crippen molar-refractivity contribution < 1.29 is 9.68 Å². The van der Waals surface area contributed by atoms with Crippen molar-refractivity contribution in [2.45, 2.75) is 13.8 Å². The molecular weight excluding hydrogens is 168 g/mol. The zero-order valence-corrected chi connectivity index (χ0v) is 8.14. The Balaban J connectivity index is 2.43. The SMILES string of the molecule is CCON(OCC)N1C=CC=CC1. The molecule has 0 N–H and O–H groups in total. The van der Waals surface area contributed by atoms with Crippen LogP contribution in [-0.4, -0.2) is 30.1 Å². The summed E-state index contributed by atoms with van der Waals surface area (Å²) in [6, 6.07) is 0. The Bertz CT molecular complexity index is 186. The molecule has 0 aromatic rings. The van der Waals surface area contributed by atoms with Crippen LogP contribution >= 0.6 is 0 Å². The van der Waals surface area contributed by atoms with Gasteiger partial charge in [0.2, 0.25) is 0 Å². The second kappa shape index (κ2) is 5.75. The van der Waals surface area contributed by atoms with Gasteiger partial charge in [0.15, 0.2) is 0 Å². The lowest BCUT2D eigenvalue weighted by Gasteiger charge is -2.30. The van der Waals surface area contributed by atoms with Gasteiger partial charge in [-0.2, -0.15) is 0 Å². The summed E-state index contributed by atoms with van der Waals surface area (Å²) in [6.07, 6.45) is 7.87. The first-order valence-corrected chi connectivity index (χ1v) is 4.54. The highest BCUT2D eigenvalue weighted by atomic mass is 17.0. The maximum Gasteiger partial charge on any atom is 0.0703 e. The Kier molecular flexibility index (Phi) is 4.53. The second-order valence-corrected chi connectivity index (χ2v) is 2.47. The summed E-state index contributed by atoms with van der Waals surface area (Å²) >= 11 is 0. The molecule has 1 aliphatic heterocycles. The topological polar surface area (TPSA) is 24.9 Å². The van der Waals surface area contributed by atoms with Crippen LogP contribution < -0.4 is 0 Å². The fourth-order valence-corrected chi connectivity index (χ4v) is 0.985. The van der Waals surface area contributed by atoms with Gasteiger partial charge in [-0.1, -0.05) is 12.2 Å². The summed E-state index contributed by atoms with van der Waals surface area (Å²) in [4.78, 5) is 10.5. The van der Waals surface area contributed by atoms with Crippen LogP contribution in [0.25, 0.3) is 0 Å². The minimum Gasteiger partial charge on any atom is -0.262 e. The van der Waals surface area contributed by atoms with Crippen molar-refractivity contribution in [3.8, 4) is 0 Å². The molecular formula is C9H16N2O2. The zero-order valence-electron chi connectivity index (χ0n) is 8.14. The van der Waals surface area contributed by atoms with Gasteiger partial charge in [-0.15, -0.1) is 0 Å². The van der Waals surface area contributed by atoms with Gasteiger partial charge in [0.25, 0.3) is 0 Å². The number of hydrogen-bond donors (Lipinski definition) is 0. The molecule has 1 aliphatic rings. The molecule has 1 heterocycles. The molecule has 0 aromatic carbocycles. The van der Waals surface area contributed by atoms with Crippen LogP contribution in [0.4, 0.5) is 0 Å². The van der Waals surface area contributed by atoms with Crippen molar-refractivity contribution >= 4 is 0 Å². The molecule has 0 saturated carbocycles. The van der Waals surface area contributed by atoms with E-state index in [1.807, 2.05) is 43.3 Å². The largest absolute Gasteiger partial charge is 0.262 e. The average Bonchev–Trinajstić information content (AvgIpc) is 2.19. The Morgan fingerprint density at radius 1 is 1.23 bits per heavy atom. The molecule has 0 spiro atoms. The van der Waals surface area contributed by atoms with E-state index in [4.69, 9.17) is 9.68 Å². The molecule has 4 nitrogen and oxygen atoms in total. The molecule has 0 atom stereocenters. The third-order valence-electron chi connectivity index (χ3n) is 1.49. The molecule has 0 fully saturated rings. The molecule has 0 aliphatic carbocycles. The number of hydrazine groups is 1. The maximum atomic E-state index is 5.27. The van der Waals surface area contributed by atoms with E-state index in [0.717, 1.165) is 6.54 Å². The Morgan fingerprint density at radius 2 is 1.92 bits per heavy atom. The fourth-order valence-electron chi connectivity index (χ4n) is 0.985. The van der Waals surface area contributed by atoms with Gasteiger partial charge in [0.1, 0.15) is 0 Å². The lowest BCUT2D eigenvalue weighted by molar-refractivity contribution is -0.446. The minimum atomic E-state index is 0.591. The van der Waals surface area contributed by atoms with E-state index in [2.05, 4.69) is 0 Å². The molecule has 0 amide bonds. The maximum absolute atomic E-state index is 5.27. The summed E-state index contributed by atoms with van der Waals surface area (Å²) in [5, 5.41) is 3.27. The standard InChI is InChI=1S/C9H16N2O2/c1-3-12-11(13-4-2)10-8-6-5-7-9-10/h5-8H,3-4,9H2,1-2H3. The molecule has 0 aromatic heterocycles. The lowest BCUT2D eigenvalue weighted by Crippen LogP contribution is -2.39. The Labute approximate surface area is 78.9 Å². The molecule has 0 radical (unpaired) electrons. The van der Waals surface area contributed by atoms with Gasteiger partial charge in [-0.3, -0.25) is 14.7 Å². The predicted octanol–water partition coefficient (Wildman–Crippen LogP) is 1.49. The molecule has 13 heavy (non-hydrogen) atoms. The second-order valence-electron chi connectivity index (χ2n) is 2.47. The highest BCUT2D eigenvalue weighted by Gasteiger charge is 2.12. The van der Waals surface area contributed by atoms with E-state index >= 15 is 0 Å². The molecule has 0 bridgehead atoms. The van der Waals surface area contributed by atoms with Gasteiger partial charge >= 0.3 is 0 Å². The van der Waals surface area contributed by atoms with Crippen LogP contribution in [0, 0.1) is 0 Å². The normalized spacial score (nSPS) is 15.8. The summed E-state index contributed by atoms with van der Waals surface area (Å²) in [5.74, 6) is 0. The number of hydrogen-bond acceptors (Lipinski definition) is 4. The molecule has 4 heteroatoms.